The number of likely N-dealkylation sites (tertiary alicyclic amines) is 1. The summed E-state index contributed by atoms with van der Waals surface area (Å²) in [7, 11) is 0. The summed E-state index contributed by atoms with van der Waals surface area (Å²) in [4.78, 5) is 1.93. The molecule has 4 heteroatoms. The summed E-state index contributed by atoms with van der Waals surface area (Å²) in [5.74, 6) is 0. The average molecular weight is 189 g/mol. The van der Waals surface area contributed by atoms with Gasteiger partial charge in [-0.05, 0) is 20.8 Å². The summed E-state index contributed by atoms with van der Waals surface area (Å²) in [6.07, 6.45) is -1.57. The standard InChI is InChI=1S/C9H19NO3/c1-9(2,3)10-4-7(12)8(13)6(10)5-11/h6-8,11-13H,4-5H2,1-3H3/t6-,7+,8+/m1/s1. The number of aliphatic hydroxyl groups is 3. The van der Waals surface area contributed by atoms with Crippen LogP contribution in [0.3, 0.4) is 0 Å². The molecule has 0 aromatic heterocycles. The van der Waals surface area contributed by atoms with Crippen molar-refractivity contribution < 1.29 is 15.3 Å². The number of hydrogen-bond donors (Lipinski definition) is 3. The molecule has 0 saturated carbocycles. The molecule has 1 aliphatic rings. The lowest BCUT2D eigenvalue weighted by atomic mass is 10.0. The van der Waals surface area contributed by atoms with E-state index in [2.05, 4.69) is 0 Å². The van der Waals surface area contributed by atoms with Crippen LogP contribution in [0.4, 0.5) is 0 Å². The van der Waals surface area contributed by atoms with Crippen molar-refractivity contribution in [3.05, 3.63) is 0 Å². The largest absolute Gasteiger partial charge is 0.395 e. The molecule has 0 amide bonds. The molecular formula is C9H19NO3. The van der Waals surface area contributed by atoms with Gasteiger partial charge < -0.3 is 15.3 Å². The van der Waals surface area contributed by atoms with Crippen LogP contribution < -0.4 is 0 Å². The lowest BCUT2D eigenvalue weighted by molar-refractivity contribution is 0.00925. The van der Waals surface area contributed by atoms with Crippen LogP contribution in [0, 0.1) is 0 Å². The highest BCUT2D eigenvalue weighted by atomic mass is 16.3. The number of hydrogen-bond acceptors (Lipinski definition) is 4. The predicted octanol–water partition coefficient (Wildman–Crippen LogP) is -0.817. The first-order chi connectivity index (χ1) is 5.88. The zero-order chi connectivity index (χ0) is 10.2. The highest BCUT2D eigenvalue weighted by Crippen LogP contribution is 2.26. The van der Waals surface area contributed by atoms with E-state index in [0.29, 0.717) is 6.54 Å². The van der Waals surface area contributed by atoms with Crippen LogP contribution in [0.15, 0.2) is 0 Å². The minimum absolute atomic E-state index is 0.116. The van der Waals surface area contributed by atoms with Crippen LogP contribution in [0.1, 0.15) is 20.8 Å². The number of β-amino-alcohol motifs (C(OH)–C–C–N with tert-alkyl or cyclic N) is 1. The van der Waals surface area contributed by atoms with Gasteiger partial charge in [0, 0.05) is 12.1 Å². The third-order valence-electron chi connectivity index (χ3n) is 2.62. The van der Waals surface area contributed by atoms with Crippen LogP contribution >= 0.6 is 0 Å². The Morgan fingerprint density at radius 1 is 1.31 bits per heavy atom. The van der Waals surface area contributed by atoms with Crippen molar-refractivity contribution in [3.63, 3.8) is 0 Å². The first kappa shape index (κ1) is 10.9. The molecule has 0 unspecified atom stereocenters. The molecule has 4 nitrogen and oxygen atoms in total. The normalized spacial score (nSPS) is 36.9. The molecule has 0 radical (unpaired) electrons. The SMILES string of the molecule is CC(C)(C)N1C[C@H](O)[C@@H](O)[C@H]1CO. The van der Waals surface area contributed by atoms with Gasteiger partial charge in [-0.1, -0.05) is 0 Å². The van der Waals surface area contributed by atoms with Gasteiger partial charge >= 0.3 is 0 Å². The molecule has 0 spiro atoms. The van der Waals surface area contributed by atoms with Crippen molar-refractivity contribution in [2.24, 2.45) is 0 Å². The van der Waals surface area contributed by atoms with Gasteiger partial charge in [-0.25, -0.2) is 0 Å². The van der Waals surface area contributed by atoms with E-state index >= 15 is 0 Å². The predicted molar refractivity (Wildman–Crippen MR) is 49.3 cm³/mol. The minimum Gasteiger partial charge on any atom is -0.395 e. The molecule has 1 fully saturated rings. The van der Waals surface area contributed by atoms with Crippen LogP contribution in [0.5, 0.6) is 0 Å². The maximum absolute atomic E-state index is 9.54. The summed E-state index contributed by atoms with van der Waals surface area (Å²) < 4.78 is 0. The van der Waals surface area contributed by atoms with Crippen molar-refractivity contribution in [2.75, 3.05) is 13.2 Å². The third-order valence-corrected chi connectivity index (χ3v) is 2.62. The van der Waals surface area contributed by atoms with E-state index in [9.17, 15) is 10.2 Å². The summed E-state index contributed by atoms with van der Waals surface area (Å²) in [6, 6.07) is -0.338. The zero-order valence-electron chi connectivity index (χ0n) is 8.44. The van der Waals surface area contributed by atoms with E-state index < -0.39 is 12.2 Å². The van der Waals surface area contributed by atoms with Crippen molar-refractivity contribution in [1.82, 2.24) is 4.90 Å². The van der Waals surface area contributed by atoms with Gasteiger partial charge in [0.15, 0.2) is 0 Å². The van der Waals surface area contributed by atoms with Crippen LogP contribution in [-0.4, -0.2) is 57.2 Å². The zero-order valence-corrected chi connectivity index (χ0v) is 8.44. The fourth-order valence-electron chi connectivity index (χ4n) is 1.86. The maximum Gasteiger partial charge on any atom is 0.0988 e. The van der Waals surface area contributed by atoms with Gasteiger partial charge in [0.25, 0.3) is 0 Å². The summed E-state index contributed by atoms with van der Waals surface area (Å²) in [6.45, 7) is 6.31. The van der Waals surface area contributed by atoms with E-state index in [0.717, 1.165) is 0 Å². The molecule has 0 aromatic carbocycles. The molecule has 1 saturated heterocycles. The molecule has 13 heavy (non-hydrogen) atoms. The van der Waals surface area contributed by atoms with Gasteiger partial charge in [-0.15, -0.1) is 0 Å². The van der Waals surface area contributed by atoms with Gasteiger partial charge in [0.1, 0.15) is 0 Å². The third kappa shape index (κ3) is 2.02. The lowest BCUT2D eigenvalue weighted by Gasteiger charge is -2.36. The van der Waals surface area contributed by atoms with Crippen LogP contribution in [0.2, 0.25) is 0 Å². The molecule has 3 N–H and O–H groups in total. The van der Waals surface area contributed by atoms with Gasteiger partial charge in [0.2, 0.25) is 0 Å². The second-order valence-electron chi connectivity index (χ2n) is 4.63. The lowest BCUT2D eigenvalue weighted by Crippen LogP contribution is -2.48. The quantitative estimate of drug-likeness (QED) is 0.504. The van der Waals surface area contributed by atoms with Crippen molar-refractivity contribution in [3.8, 4) is 0 Å². The Balaban J connectivity index is 2.77. The molecule has 3 atom stereocenters. The Hall–Kier alpha value is -0.160. The van der Waals surface area contributed by atoms with E-state index in [1.54, 1.807) is 0 Å². The molecule has 1 heterocycles. The van der Waals surface area contributed by atoms with Crippen LogP contribution in [-0.2, 0) is 0 Å². The molecule has 78 valence electrons. The Kier molecular flexibility index (Phi) is 2.97. The monoisotopic (exact) mass is 189 g/mol. The van der Waals surface area contributed by atoms with E-state index in [1.165, 1.54) is 0 Å². The maximum atomic E-state index is 9.54. The smallest absolute Gasteiger partial charge is 0.0988 e. The number of aliphatic hydroxyl groups excluding tert-OH is 3. The van der Waals surface area contributed by atoms with Gasteiger partial charge in [-0.3, -0.25) is 4.90 Å². The van der Waals surface area contributed by atoms with E-state index in [4.69, 9.17) is 5.11 Å². The number of nitrogens with zero attached hydrogens (tertiary/aromatic N) is 1. The highest BCUT2D eigenvalue weighted by Gasteiger charge is 2.43. The molecule has 1 rings (SSSR count). The first-order valence-electron chi connectivity index (χ1n) is 4.61. The topological polar surface area (TPSA) is 63.9 Å². The molecule has 0 aliphatic carbocycles. The average Bonchev–Trinajstić information content (AvgIpc) is 2.28. The summed E-state index contributed by atoms with van der Waals surface area (Å²) in [5.41, 5.74) is -0.133. The second kappa shape index (κ2) is 3.53. The summed E-state index contributed by atoms with van der Waals surface area (Å²) >= 11 is 0. The summed E-state index contributed by atoms with van der Waals surface area (Å²) in [5, 5.41) is 28.0. The molecule has 0 aromatic rings. The van der Waals surface area contributed by atoms with E-state index in [1.807, 2.05) is 25.7 Å². The van der Waals surface area contributed by atoms with Crippen molar-refractivity contribution in [1.29, 1.82) is 0 Å². The van der Waals surface area contributed by atoms with Gasteiger partial charge in [-0.2, -0.15) is 0 Å². The van der Waals surface area contributed by atoms with Crippen molar-refractivity contribution >= 4 is 0 Å². The molecule has 1 aliphatic heterocycles. The highest BCUT2D eigenvalue weighted by molar-refractivity contribution is 4.97. The number of rotatable bonds is 1. The van der Waals surface area contributed by atoms with E-state index in [-0.39, 0.29) is 18.2 Å². The second-order valence-corrected chi connectivity index (χ2v) is 4.63. The Morgan fingerprint density at radius 3 is 2.15 bits per heavy atom. The van der Waals surface area contributed by atoms with Crippen molar-refractivity contribution in [2.45, 2.75) is 44.6 Å². The molecule has 0 bridgehead atoms. The molecular weight excluding hydrogens is 170 g/mol. The minimum atomic E-state index is -0.829. The fourth-order valence-corrected chi connectivity index (χ4v) is 1.86. The fraction of sp³-hybridized carbons (Fsp3) is 1.00. The Labute approximate surface area is 78.8 Å². The Bertz CT molecular complexity index is 178. The van der Waals surface area contributed by atoms with Gasteiger partial charge in [0.05, 0.1) is 24.9 Å². The Morgan fingerprint density at radius 2 is 1.85 bits per heavy atom. The van der Waals surface area contributed by atoms with Crippen LogP contribution in [0.25, 0.3) is 0 Å². The first-order valence-corrected chi connectivity index (χ1v) is 4.61.